The van der Waals surface area contributed by atoms with E-state index in [4.69, 9.17) is 10.5 Å². The molecule has 16 heteroatoms. The van der Waals surface area contributed by atoms with Gasteiger partial charge in [-0.1, -0.05) is 79.3 Å². The number of nitrogens with two attached hydrogens (primary N) is 1. The molecule has 2 aliphatic rings. The number of nitrogens with one attached hydrogen (secondary N) is 1. The zero-order valence-electron chi connectivity index (χ0n) is 25.3. The number of fused-ring (bicyclic) bond motifs is 1. The summed E-state index contributed by atoms with van der Waals surface area (Å²) in [6.45, 7) is 1.97. The molecule has 12 nitrogen and oxygen atoms in total. The number of anilines is 1. The number of carbonyl (C=O) groups is 3. The van der Waals surface area contributed by atoms with Gasteiger partial charge in [-0.2, -0.15) is 0 Å². The smallest absolute Gasteiger partial charge is 0.356 e. The zero-order valence-corrected chi connectivity index (χ0v) is 28.6. The lowest BCUT2D eigenvalue weighted by atomic mass is 10.0. The quantitative estimate of drug-likeness (QED) is 0.0941. The number of esters is 1. The molecule has 2 aromatic heterocycles. The number of rotatable bonds is 12. The Morgan fingerprint density at radius 1 is 1.15 bits per heavy atom. The third-order valence-corrected chi connectivity index (χ3v) is 11.2. The second-order valence-corrected chi connectivity index (χ2v) is 14.4. The first-order valence-electron chi connectivity index (χ1n) is 14.5. The fraction of sp³-hybridized carbons (Fsp3) is 0.258. The van der Waals surface area contributed by atoms with E-state index in [1.807, 2.05) is 67.6 Å². The van der Waals surface area contributed by atoms with Crippen molar-refractivity contribution in [3.8, 4) is 0 Å². The highest BCUT2D eigenvalue weighted by Gasteiger charge is 2.54. The second kappa shape index (κ2) is 14.8. The van der Waals surface area contributed by atoms with E-state index >= 15 is 0 Å². The third-order valence-electron chi connectivity index (χ3n) is 7.32. The highest BCUT2D eigenvalue weighted by molar-refractivity contribution is 8.02. The first-order valence-corrected chi connectivity index (χ1v) is 18.5. The van der Waals surface area contributed by atoms with Crippen molar-refractivity contribution >= 4 is 75.1 Å². The van der Waals surface area contributed by atoms with Gasteiger partial charge in [-0.15, -0.1) is 40.0 Å². The summed E-state index contributed by atoms with van der Waals surface area (Å²) in [5, 5.41) is 18.4. The predicted molar refractivity (Wildman–Crippen MR) is 185 cm³/mol. The summed E-state index contributed by atoms with van der Waals surface area (Å²) >= 11 is 5.52. The number of thiazole rings is 1. The van der Waals surface area contributed by atoms with Gasteiger partial charge >= 0.3 is 5.97 Å². The number of aromatic nitrogens is 5. The number of β-lactam (4-membered cyclic amide) rings is 1. The Bertz CT molecular complexity index is 1790. The number of carbonyl (C=O) groups excluding carboxylic acids is 3. The summed E-state index contributed by atoms with van der Waals surface area (Å²) < 4.78 is 7.78. The maximum absolute atomic E-state index is 14.2. The van der Waals surface area contributed by atoms with E-state index in [1.54, 1.807) is 22.5 Å². The first kappa shape index (κ1) is 32.8. The van der Waals surface area contributed by atoms with E-state index in [0.717, 1.165) is 16.9 Å². The van der Waals surface area contributed by atoms with Gasteiger partial charge in [0.25, 0.3) is 11.8 Å². The number of tetrazole rings is 1. The van der Waals surface area contributed by atoms with Crippen molar-refractivity contribution in [1.82, 2.24) is 35.4 Å². The van der Waals surface area contributed by atoms with Gasteiger partial charge < -0.3 is 15.8 Å². The van der Waals surface area contributed by atoms with Crippen LogP contribution in [-0.2, 0) is 26.2 Å². The molecule has 1 unspecified atom stereocenters. The maximum atomic E-state index is 14.2. The van der Waals surface area contributed by atoms with Crippen LogP contribution < -0.4 is 11.1 Å². The molecule has 6 rings (SSSR count). The Hall–Kier alpha value is -4.12. The summed E-state index contributed by atoms with van der Waals surface area (Å²) in [6, 6.07) is 18.1. The minimum atomic E-state index is -0.850. The fourth-order valence-corrected chi connectivity index (χ4v) is 8.51. The molecule has 47 heavy (non-hydrogen) atoms. The summed E-state index contributed by atoms with van der Waals surface area (Å²) in [5.41, 5.74) is 9.08. The van der Waals surface area contributed by atoms with Crippen LogP contribution in [0.3, 0.4) is 0 Å². The Morgan fingerprint density at radius 2 is 1.85 bits per heavy atom. The van der Waals surface area contributed by atoms with Crippen LogP contribution in [0.1, 0.15) is 29.8 Å². The Labute approximate surface area is 287 Å². The molecule has 0 aliphatic carbocycles. The maximum Gasteiger partial charge on any atom is 0.356 e. The largest absolute Gasteiger partial charge is 0.448 e. The van der Waals surface area contributed by atoms with E-state index < -0.39 is 35.3 Å². The molecular formula is C31H30N8O4S4. The number of benzene rings is 2. The van der Waals surface area contributed by atoms with Crippen LogP contribution in [0.5, 0.6) is 0 Å². The third kappa shape index (κ3) is 7.10. The van der Waals surface area contributed by atoms with Crippen molar-refractivity contribution in [2.24, 2.45) is 7.05 Å². The van der Waals surface area contributed by atoms with Gasteiger partial charge in [-0.3, -0.25) is 14.5 Å². The van der Waals surface area contributed by atoms with Gasteiger partial charge in [-0.25, -0.2) is 14.5 Å². The highest BCUT2D eigenvalue weighted by atomic mass is 32.2. The molecule has 1 fully saturated rings. The lowest BCUT2D eigenvalue weighted by molar-refractivity contribution is -0.154. The molecule has 0 saturated carbocycles. The number of amides is 2. The van der Waals surface area contributed by atoms with Crippen LogP contribution >= 0.6 is 46.6 Å². The zero-order chi connectivity index (χ0) is 32.9. The molecule has 4 heterocycles. The fourth-order valence-electron chi connectivity index (χ4n) is 5.05. The van der Waals surface area contributed by atoms with Gasteiger partial charge in [0.05, 0.1) is 11.3 Å². The average Bonchev–Trinajstić information content (AvgIpc) is 3.72. The van der Waals surface area contributed by atoms with Crippen molar-refractivity contribution < 1.29 is 19.1 Å². The van der Waals surface area contributed by atoms with Crippen LogP contribution in [0.4, 0.5) is 5.13 Å². The van der Waals surface area contributed by atoms with E-state index in [0.29, 0.717) is 38.6 Å². The molecule has 2 aromatic carbocycles. The van der Waals surface area contributed by atoms with Crippen LogP contribution in [0.25, 0.3) is 5.57 Å². The van der Waals surface area contributed by atoms with Crippen molar-refractivity contribution in [3.05, 3.63) is 99.5 Å². The van der Waals surface area contributed by atoms with E-state index in [2.05, 4.69) is 25.8 Å². The number of hydrogen-bond donors (Lipinski definition) is 2. The monoisotopic (exact) mass is 706 g/mol. The normalized spacial score (nSPS) is 17.8. The summed E-state index contributed by atoms with van der Waals surface area (Å²) in [6.07, 6.45) is -0.705. The lowest BCUT2D eigenvalue weighted by Gasteiger charge is -2.49. The van der Waals surface area contributed by atoms with Crippen LogP contribution in [0.15, 0.2) is 87.9 Å². The number of aryl methyl sites for hydroxylation is 1. The molecular weight excluding hydrogens is 677 g/mol. The van der Waals surface area contributed by atoms with Gasteiger partial charge in [0.2, 0.25) is 5.16 Å². The Kier molecular flexibility index (Phi) is 10.3. The number of thioether (sulfide) groups is 3. The van der Waals surface area contributed by atoms with Crippen molar-refractivity contribution in [2.45, 2.75) is 29.6 Å². The molecule has 242 valence electrons. The molecule has 1 saturated heterocycles. The molecule has 0 spiro atoms. The number of hydrogen-bond acceptors (Lipinski definition) is 13. The highest BCUT2D eigenvalue weighted by Crippen LogP contribution is 2.43. The van der Waals surface area contributed by atoms with Gasteiger partial charge in [0.15, 0.2) is 11.2 Å². The van der Waals surface area contributed by atoms with E-state index in [-0.39, 0.29) is 5.70 Å². The van der Waals surface area contributed by atoms with E-state index in [9.17, 15) is 14.4 Å². The second-order valence-electron chi connectivity index (χ2n) is 10.4. The SMILES string of the molecule is CCSC=C(C(=O)NC1C(=O)N2C(C(=O)OC(c3ccccc3)c3ccccc3)=C(CSc3nnnn3C)CS[C@@H]12)c1csc(N)n1. The molecule has 2 atom stereocenters. The topological polar surface area (TPSA) is 158 Å². The summed E-state index contributed by atoms with van der Waals surface area (Å²) in [4.78, 5) is 47.3. The Balaban J connectivity index is 1.28. The molecule has 2 amide bonds. The molecule has 0 radical (unpaired) electrons. The van der Waals surface area contributed by atoms with Crippen molar-refractivity contribution in [3.63, 3.8) is 0 Å². The summed E-state index contributed by atoms with van der Waals surface area (Å²) in [5.74, 6) is 0.0679. The van der Waals surface area contributed by atoms with Crippen molar-refractivity contribution in [1.29, 1.82) is 0 Å². The lowest BCUT2D eigenvalue weighted by Crippen LogP contribution is -2.70. The van der Waals surface area contributed by atoms with Crippen LogP contribution in [-0.4, -0.2) is 76.5 Å². The van der Waals surface area contributed by atoms with Gasteiger partial charge in [0.1, 0.15) is 17.1 Å². The summed E-state index contributed by atoms with van der Waals surface area (Å²) in [7, 11) is 1.73. The van der Waals surface area contributed by atoms with Crippen molar-refractivity contribution in [2.75, 3.05) is 23.0 Å². The van der Waals surface area contributed by atoms with E-state index in [1.165, 1.54) is 51.5 Å². The molecule has 4 aromatic rings. The average molecular weight is 707 g/mol. The first-order chi connectivity index (χ1) is 22.9. The van der Waals surface area contributed by atoms with Gasteiger partial charge in [-0.05, 0) is 38.3 Å². The molecule has 3 N–H and O–H groups in total. The van der Waals surface area contributed by atoms with Crippen LogP contribution in [0.2, 0.25) is 0 Å². The number of nitrogen functional groups attached to an aromatic ring is 1. The standard InChI is InChI=1S/C31H30N8O4S4/c1-3-44-16-21(22-17-46-30(32)33-22)26(40)34-23-27(41)39-24(20(14-45-28(23)39)15-47-31-35-36-37-38(31)2)29(42)43-25(18-10-6-4-7-11-18)19-12-8-5-9-13-19/h4-13,16-17,23,25,28H,3,14-15H2,1-2H3,(H2,32,33)(H,34,40)/t23?,28-/m0/s1. The molecule has 2 aliphatic heterocycles. The van der Waals surface area contributed by atoms with Crippen LogP contribution in [0, 0.1) is 0 Å². The number of ether oxygens (including phenoxy) is 1. The minimum absolute atomic E-state index is 0.174. The molecule has 0 bridgehead atoms. The van der Waals surface area contributed by atoms with Gasteiger partial charge in [0, 0.05) is 23.9 Å². The number of nitrogens with zero attached hydrogens (tertiary/aromatic N) is 6. The predicted octanol–water partition coefficient (Wildman–Crippen LogP) is 4.12. The Morgan fingerprint density at radius 3 is 2.45 bits per heavy atom. The minimum Gasteiger partial charge on any atom is -0.448 e.